The van der Waals surface area contributed by atoms with Crippen molar-refractivity contribution in [1.29, 1.82) is 0 Å². The fourth-order valence-corrected chi connectivity index (χ4v) is 5.81. The molecule has 2 aromatic carbocycles. The number of sulfone groups is 1. The number of aliphatic hydroxyl groups is 1. The lowest BCUT2D eigenvalue weighted by Crippen LogP contribution is -2.41. The molecule has 0 amide bonds. The van der Waals surface area contributed by atoms with Gasteiger partial charge in [0.15, 0.2) is 9.84 Å². The normalized spacial score (nSPS) is 23.6. The predicted octanol–water partition coefficient (Wildman–Crippen LogP) is 4.59. The van der Waals surface area contributed by atoms with Crippen LogP contribution in [-0.2, 0) is 20.8 Å². The van der Waals surface area contributed by atoms with Crippen molar-refractivity contribution in [1.82, 2.24) is 0 Å². The van der Waals surface area contributed by atoms with Gasteiger partial charge < -0.3 is 5.11 Å². The second kappa shape index (κ2) is 7.11. The molecule has 0 saturated heterocycles. The summed E-state index contributed by atoms with van der Waals surface area (Å²) in [5.41, 5.74) is -1.39. The van der Waals surface area contributed by atoms with Gasteiger partial charge in [0.25, 0.3) is 0 Å². The van der Waals surface area contributed by atoms with E-state index in [1.54, 1.807) is 0 Å². The largest absolute Gasteiger partial charge is 0.416 e. The van der Waals surface area contributed by atoms with Crippen molar-refractivity contribution in [3.63, 3.8) is 0 Å². The molecule has 0 atom stereocenters. The van der Waals surface area contributed by atoms with Gasteiger partial charge in [-0.25, -0.2) is 17.2 Å². The Bertz CT molecular complexity index is 960. The van der Waals surface area contributed by atoms with Crippen LogP contribution in [0.1, 0.15) is 36.8 Å². The van der Waals surface area contributed by atoms with Crippen LogP contribution >= 0.6 is 0 Å². The summed E-state index contributed by atoms with van der Waals surface area (Å²) >= 11 is 0. The average Bonchev–Trinajstić information content (AvgIpc) is 2.64. The maximum Gasteiger partial charge on any atom is 0.416 e. The summed E-state index contributed by atoms with van der Waals surface area (Å²) in [5.74, 6) is -1.75. The van der Waals surface area contributed by atoms with Crippen molar-refractivity contribution in [3.8, 4) is 0 Å². The van der Waals surface area contributed by atoms with Crippen LogP contribution in [0.25, 0.3) is 0 Å². The van der Waals surface area contributed by atoms with E-state index in [4.69, 9.17) is 0 Å². The van der Waals surface area contributed by atoms with Crippen molar-refractivity contribution < 1.29 is 35.5 Å². The lowest BCUT2D eigenvalue weighted by atomic mass is 9.81. The molecule has 0 heterocycles. The number of alkyl halides is 3. The zero-order valence-electron chi connectivity index (χ0n) is 14.5. The van der Waals surface area contributed by atoms with E-state index in [-0.39, 0.29) is 31.2 Å². The highest BCUT2D eigenvalue weighted by atomic mass is 32.2. The summed E-state index contributed by atoms with van der Waals surface area (Å²) in [6.07, 6.45) is -5.71. The van der Waals surface area contributed by atoms with E-state index in [2.05, 4.69) is 0 Å². The third kappa shape index (κ3) is 3.53. The molecule has 0 bridgehead atoms. The molecule has 1 fully saturated rings. The Balaban J connectivity index is 2.16. The molecule has 152 valence electrons. The second-order valence-electron chi connectivity index (χ2n) is 6.88. The number of halogens is 5. The molecule has 9 heteroatoms. The number of hydrogen-bond acceptors (Lipinski definition) is 3. The topological polar surface area (TPSA) is 54.4 Å². The number of benzene rings is 2. The van der Waals surface area contributed by atoms with Crippen LogP contribution in [0.5, 0.6) is 0 Å². The minimum absolute atomic E-state index is 0.0375. The van der Waals surface area contributed by atoms with E-state index < -0.39 is 49.0 Å². The van der Waals surface area contributed by atoms with Gasteiger partial charge in [-0.1, -0.05) is 0 Å². The number of aliphatic hydroxyl groups excluding tert-OH is 1. The first-order valence-electron chi connectivity index (χ1n) is 8.53. The van der Waals surface area contributed by atoms with Crippen LogP contribution < -0.4 is 0 Å². The van der Waals surface area contributed by atoms with E-state index in [1.165, 1.54) is 0 Å². The molecule has 1 aliphatic carbocycles. The molecule has 0 aliphatic heterocycles. The summed E-state index contributed by atoms with van der Waals surface area (Å²) in [7, 11) is -4.39. The summed E-state index contributed by atoms with van der Waals surface area (Å²) in [4.78, 5) is -0.416. The van der Waals surface area contributed by atoms with Gasteiger partial charge in [0, 0.05) is 5.56 Å². The monoisotopic (exact) mass is 420 g/mol. The fraction of sp³-hybridized carbons (Fsp3) is 0.368. The van der Waals surface area contributed by atoms with Crippen molar-refractivity contribution >= 4 is 9.84 Å². The van der Waals surface area contributed by atoms with Gasteiger partial charge in [0.2, 0.25) is 0 Å². The van der Waals surface area contributed by atoms with E-state index in [0.717, 1.165) is 30.3 Å². The van der Waals surface area contributed by atoms with Crippen molar-refractivity contribution in [2.24, 2.45) is 0 Å². The Morgan fingerprint density at radius 2 is 1.54 bits per heavy atom. The quantitative estimate of drug-likeness (QED) is 0.740. The highest BCUT2D eigenvalue weighted by Gasteiger charge is 2.50. The zero-order chi connectivity index (χ0) is 20.7. The molecule has 2 aromatic rings. The minimum Gasteiger partial charge on any atom is -0.393 e. The van der Waals surface area contributed by atoms with Gasteiger partial charge in [0.1, 0.15) is 16.4 Å². The molecule has 28 heavy (non-hydrogen) atoms. The lowest BCUT2D eigenvalue weighted by Gasteiger charge is -2.39. The molecule has 3 rings (SSSR count). The summed E-state index contributed by atoms with van der Waals surface area (Å²) < 4.78 is 91.6. The summed E-state index contributed by atoms with van der Waals surface area (Å²) in [5, 5.41) is 9.79. The smallest absolute Gasteiger partial charge is 0.393 e. The highest BCUT2D eigenvalue weighted by molar-refractivity contribution is 7.92. The predicted molar refractivity (Wildman–Crippen MR) is 91.1 cm³/mol. The first kappa shape index (κ1) is 20.7. The van der Waals surface area contributed by atoms with Crippen LogP contribution in [0.3, 0.4) is 0 Å². The van der Waals surface area contributed by atoms with Crippen molar-refractivity contribution in [2.45, 2.75) is 47.6 Å². The Hall–Kier alpha value is -2.00. The van der Waals surface area contributed by atoms with Crippen LogP contribution in [0.4, 0.5) is 22.0 Å². The second-order valence-corrected chi connectivity index (χ2v) is 9.13. The molecule has 0 aromatic heterocycles. The average molecular weight is 420 g/mol. The molecule has 1 saturated carbocycles. The zero-order valence-corrected chi connectivity index (χ0v) is 15.3. The molecular weight excluding hydrogens is 403 g/mol. The highest BCUT2D eigenvalue weighted by Crippen LogP contribution is 2.48. The minimum atomic E-state index is -4.64. The number of rotatable bonds is 3. The maximum absolute atomic E-state index is 14.5. The SMILES string of the molecule is O=S(=O)(c1ccc(C(F)(F)F)cc1)C1(c2cc(F)ccc2F)CCC(O)CC1. The first-order valence-corrected chi connectivity index (χ1v) is 10.0. The van der Waals surface area contributed by atoms with Gasteiger partial charge >= 0.3 is 6.18 Å². The number of hydrogen-bond donors (Lipinski definition) is 1. The van der Waals surface area contributed by atoms with Gasteiger partial charge in [-0.05, 0) is 68.1 Å². The van der Waals surface area contributed by atoms with Gasteiger partial charge in [-0.2, -0.15) is 13.2 Å². The Kier molecular flexibility index (Phi) is 5.26. The third-order valence-corrected chi connectivity index (χ3v) is 7.74. The van der Waals surface area contributed by atoms with Gasteiger partial charge in [-0.3, -0.25) is 0 Å². The van der Waals surface area contributed by atoms with Crippen LogP contribution in [-0.4, -0.2) is 19.6 Å². The van der Waals surface area contributed by atoms with Gasteiger partial charge in [0.05, 0.1) is 16.6 Å². The van der Waals surface area contributed by atoms with E-state index in [1.807, 2.05) is 0 Å². The fourth-order valence-electron chi connectivity index (χ4n) is 3.65. The maximum atomic E-state index is 14.5. The van der Waals surface area contributed by atoms with Crippen LogP contribution in [0.15, 0.2) is 47.4 Å². The summed E-state index contributed by atoms with van der Waals surface area (Å²) in [6, 6.07) is 5.40. The Morgan fingerprint density at radius 1 is 0.964 bits per heavy atom. The molecule has 0 spiro atoms. The molecule has 1 aliphatic rings. The van der Waals surface area contributed by atoms with Gasteiger partial charge in [-0.15, -0.1) is 0 Å². The van der Waals surface area contributed by atoms with E-state index in [9.17, 15) is 35.5 Å². The molecule has 0 unspecified atom stereocenters. The Labute approximate surface area is 158 Å². The molecular formula is C19H17F5O3S. The van der Waals surface area contributed by atoms with Crippen LogP contribution in [0.2, 0.25) is 0 Å². The molecule has 1 N–H and O–H groups in total. The molecule has 0 radical (unpaired) electrons. The molecule has 3 nitrogen and oxygen atoms in total. The van der Waals surface area contributed by atoms with Crippen molar-refractivity contribution in [2.75, 3.05) is 0 Å². The van der Waals surface area contributed by atoms with Crippen molar-refractivity contribution in [3.05, 3.63) is 65.2 Å². The van der Waals surface area contributed by atoms with Crippen LogP contribution in [0, 0.1) is 11.6 Å². The summed E-state index contributed by atoms with van der Waals surface area (Å²) in [6.45, 7) is 0. The lowest BCUT2D eigenvalue weighted by molar-refractivity contribution is -0.137. The Morgan fingerprint density at radius 3 is 2.07 bits per heavy atom. The standard InChI is InChI=1S/C19H17F5O3S/c20-13-3-6-17(21)16(11-13)18(9-7-14(25)8-10-18)28(26,27)15-4-1-12(2-5-15)19(22,23)24/h1-6,11,14,25H,7-10H2. The van der Waals surface area contributed by atoms with E-state index in [0.29, 0.717) is 12.1 Å². The third-order valence-electron chi connectivity index (χ3n) is 5.19. The first-order chi connectivity index (χ1) is 13.0. The van der Waals surface area contributed by atoms with E-state index >= 15 is 0 Å².